The van der Waals surface area contributed by atoms with Crippen molar-refractivity contribution < 1.29 is 14.3 Å². The molecule has 8 heteroatoms. The zero-order valence-corrected chi connectivity index (χ0v) is 17.4. The van der Waals surface area contributed by atoms with E-state index in [1.54, 1.807) is 22.3 Å². The highest BCUT2D eigenvalue weighted by Gasteiger charge is 2.21. The molecule has 0 radical (unpaired) electrons. The van der Waals surface area contributed by atoms with Crippen LogP contribution in [-0.4, -0.2) is 28.7 Å². The first-order valence-electron chi connectivity index (χ1n) is 9.86. The molecule has 0 unspecified atom stereocenters. The third-order valence-electron chi connectivity index (χ3n) is 5.08. The molecule has 31 heavy (non-hydrogen) atoms. The molecule has 0 bridgehead atoms. The number of hydrogen-bond acceptors (Lipinski definition) is 6. The normalized spacial score (nSPS) is 12.6. The van der Waals surface area contributed by atoms with Crippen LogP contribution in [0.5, 0.6) is 11.5 Å². The summed E-state index contributed by atoms with van der Waals surface area (Å²) < 4.78 is 12.8. The molecule has 7 nitrogen and oxygen atoms in total. The van der Waals surface area contributed by atoms with Crippen LogP contribution in [0.3, 0.4) is 0 Å². The molecular weight excluding hydrogens is 414 g/mol. The third-order valence-corrected chi connectivity index (χ3v) is 5.94. The van der Waals surface area contributed by atoms with E-state index in [9.17, 15) is 9.59 Å². The predicted octanol–water partition coefficient (Wildman–Crippen LogP) is 3.46. The van der Waals surface area contributed by atoms with E-state index >= 15 is 0 Å². The predicted molar refractivity (Wildman–Crippen MR) is 119 cm³/mol. The number of amides is 1. The van der Waals surface area contributed by atoms with Crippen LogP contribution >= 0.6 is 11.3 Å². The van der Waals surface area contributed by atoms with E-state index in [1.807, 2.05) is 53.9 Å². The van der Waals surface area contributed by atoms with Crippen LogP contribution in [0.2, 0.25) is 0 Å². The number of para-hydroxylation sites is 2. The van der Waals surface area contributed by atoms with Gasteiger partial charge in [0, 0.05) is 16.6 Å². The summed E-state index contributed by atoms with van der Waals surface area (Å²) in [5.41, 5.74) is 1.67. The molecule has 0 saturated heterocycles. The number of ether oxygens (including phenoxy) is 2. The minimum atomic E-state index is -0.315. The smallest absolute Gasteiger partial charge is 0.269 e. The zero-order chi connectivity index (χ0) is 21.2. The van der Waals surface area contributed by atoms with Crippen LogP contribution in [0.1, 0.15) is 4.88 Å². The molecule has 1 amide bonds. The van der Waals surface area contributed by atoms with Gasteiger partial charge in [-0.1, -0.05) is 18.2 Å². The Morgan fingerprint density at radius 3 is 2.74 bits per heavy atom. The van der Waals surface area contributed by atoms with Gasteiger partial charge in [-0.2, -0.15) is 0 Å². The fourth-order valence-corrected chi connectivity index (χ4v) is 4.27. The van der Waals surface area contributed by atoms with Gasteiger partial charge in [0.15, 0.2) is 11.5 Å². The Hall–Kier alpha value is -3.65. The van der Waals surface area contributed by atoms with E-state index in [1.165, 1.54) is 10.8 Å². The van der Waals surface area contributed by atoms with Gasteiger partial charge in [-0.3, -0.25) is 14.2 Å². The molecule has 0 spiro atoms. The standard InChI is InChI=1S/C23H19N3O4S/c27-22-13-24-18-5-1-2-6-19(18)26(22)15-23(28)25(14-17-4-3-11-31-17)16-7-8-20-21(12-16)30-10-9-29-20/h1-8,11-13H,9-10,14-15H2. The Labute approximate surface area is 182 Å². The van der Waals surface area contributed by atoms with E-state index in [4.69, 9.17) is 9.47 Å². The van der Waals surface area contributed by atoms with Crippen molar-refractivity contribution in [2.45, 2.75) is 13.1 Å². The van der Waals surface area contributed by atoms with Gasteiger partial charge < -0.3 is 14.4 Å². The van der Waals surface area contributed by atoms with Crippen molar-refractivity contribution in [3.8, 4) is 11.5 Å². The molecule has 0 aliphatic carbocycles. The molecule has 0 atom stereocenters. The number of fused-ring (bicyclic) bond motifs is 2. The van der Waals surface area contributed by atoms with Gasteiger partial charge in [-0.25, -0.2) is 4.98 Å². The Morgan fingerprint density at radius 1 is 1.06 bits per heavy atom. The minimum Gasteiger partial charge on any atom is -0.486 e. The number of nitrogens with zero attached hydrogens (tertiary/aromatic N) is 3. The van der Waals surface area contributed by atoms with Crippen LogP contribution in [0.15, 0.2) is 71.0 Å². The summed E-state index contributed by atoms with van der Waals surface area (Å²) in [5, 5.41) is 1.97. The average molecular weight is 433 g/mol. The van der Waals surface area contributed by atoms with Crippen molar-refractivity contribution in [2.24, 2.45) is 0 Å². The number of thiophene rings is 1. The lowest BCUT2D eigenvalue weighted by Crippen LogP contribution is -2.36. The zero-order valence-electron chi connectivity index (χ0n) is 16.6. The van der Waals surface area contributed by atoms with E-state index in [-0.39, 0.29) is 18.0 Å². The fourth-order valence-electron chi connectivity index (χ4n) is 3.58. The first-order valence-corrected chi connectivity index (χ1v) is 10.7. The molecule has 5 rings (SSSR count). The first kappa shape index (κ1) is 19.3. The summed E-state index contributed by atoms with van der Waals surface area (Å²) in [4.78, 5) is 32.9. The first-order chi connectivity index (χ1) is 15.2. The highest BCUT2D eigenvalue weighted by atomic mass is 32.1. The van der Waals surface area contributed by atoms with Gasteiger partial charge in [0.25, 0.3) is 5.56 Å². The number of hydrogen-bond donors (Lipinski definition) is 0. The molecule has 1 aliphatic heterocycles. The number of rotatable bonds is 5. The van der Waals surface area contributed by atoms with Crippen LogP contribution in [-0.2, 0) is 17.9 Å². The second-order valence-electron chi connectivity index (χ2n) is 7.06. The van der Waals surface area contributed by atoms with Crippen molar-refractivity contribution in [1.29, 1.82) is 0 Å². The summed E-state index contributed by atoms with van der Waals surface area (Å²) in [6.45, 7) is 1.27. The second-order valence-corrected chi connectivity index (χ2v) is 8.09. The Bertz CT molecular complexity index is 1300. The van der Waals surface area contributed by atoms with Gasteiger partial charge in [-0.05, 0) is 35.7 Å². The van der Waals surface area contributed by atoms with Crippen molar-refractivity contribution in [3.05, 3.63) is 81.4 Å². The summed E-state index contributed by atoms with van der Waals surface area (Å²) in [5.74, 6) is 1.07. The lowest BCUT2D eigenvalue weighted by Gasteiger charge is -2.25. The number of benzene rings is 2. The van der Waals surface area contributed by atoms with Crippen LogP contribution in [0, 0.1) is 0 Å². The molecule has 3 heterocycles. The maximum absolute atomic E-state index is 13.5. The summed E-state index contributed by atoms with van der Waals surface area (Å²) in [6, 6.07) is 16.7. The maximum atomic E-state index is 13.5. The molecule has 1 aliphatic rings. The average Bonchev–Trinajstić information content (AvgIpc) is 3.32. The van der Waals surface area contributed by atoms with Crippen LogP contribution < -0.4 is 19.9 Å². The molecule has 156 valence electrons. The number of anilines is 1. The molecule has 2 aromatic heterocycles. The maximum Gasteiger partial charge on any atom is 0.269 e. The van der Waals surface area contributed by atoms with E-state index in [2.05, 4.69) is 4.98 Å². The van der Waals surface area contributed by atoms with Crippen molar-refractivity contribution >= 4 is 34.0 Å². The van der Waals surface area contributed by atoms with E-state index in [0.29, 0.717) is 48.0 Å². The van der Waals surface area contributed by atoms with Crippen LogP contribution in [0.4, 0.5) is 5.69 Å². The van der Waals surface area contributed by atoms with Crippen molar-refractivity contribution in [1.82, 2.24) is 9.55 Å². The summed E-state index contributed by atoms with van der Waals surface area (Å²) >= 11 is 1.58. The lowest BCUT2D eigenvalue weighted by molar-refractivity contribution is -0.119. The minimum absolute atomic E-state index is 0.0956. The van der Waals surface area contributed by atoms with E-state index < -0.39 is 0 Å². The number of aromatic nitrogens is 2. The molecule has 2 aromatic carbocycles. The lowest BCUT2D eigenvalue weighted by atomic mass is 10.2. The van der Waals surface area contributed by atoms with E-state index in [0.717, 1.165) is 4.88 Å². The van der Waals surface area contributed by atoms with Gasteiger partial charge in [0.05, 0.1) is 23.8 Å². The Kier molecular flexibility index (Phi) is 5.13. The van der Waals surface area contributed by atoms with Crippen LogP contribution in [0.25, 0.3) is 11.0 Å². The Morgan fingerprint density at radius 2 is 1.90 bits per heavy atom. The topological polar surface area (TPSA) is 73.7 Å². The van der Waals surface area contributed by atoms with Gasteiger partial charge in [0.2, 0.25) is 5.91 Å². The van der Waals surface area contributed by atoms with Gasteiger partial charge in [0.1, 0.15) is 19.8 Å². The van der Waals surface area contributed by atoms with Crippen molar-refractivity contribution in [3.63, 3.8) is 0 Å². The van der Waals surface area contributed by atoms with Gasteiger partial charge in [-0.15, -0.1) is 11.3 Å². The highest BCUT2D eigenvalue weighted by molar-refractivity contribution is 7.09. The number of carbonyl (C=O) groups is 1. The second kappa shape index (κ2) is 8.23. The molecule has 0 N–H and O–H groups in total. The monoisotopic (exact) mass is 433 g/mol. The molecular formula is C23H19N3O4S. The largest absolute Gasteiger partial charge is 0.486 e. The Balaban J connectivity index is 1.52. The highest BCUT2D eigenvalue weighted by Crippen LogP contribution is 2.34. The summed E-state index contributed by atoms with van der Waals surface area (Å²) in [6.07, 6.45) is 1.25. The molecule has 0 saturated carbocycles. The fraction of sp³-hybridized carbons (Fsp3) is 0.174. The quantitative estimate of drug-likeness (QED) is 0.482. The third kappa shape index (κ3) is 3.89. The molecule has 0 fully saturated rings. The number of carbonyl (C=O) groups excluding carboxylic acids is 1. The summed E-state index contributed by atoms with van der Waals surface area (Å²) in [7, 11) is 0. The van der Waals surface area contributed by atoms with Gasteiger partial charge >= 0.3 is 0 Å². The SMILES string of the molecule is O=C(Cn1c(=O)cnc2ccccc21)N(Cc1cccs1)c1ccc2c(c1)OCCO2. The molecule has 4 aromatic rings. The van der Waals surface area contributed by atoms with Crippen molar-refractivity contribution in [2.75, 3.05) is 18.1 Å².